The Morgan fingerprint density at radius 2 is 2.10 bits per heavy atom. The normalized spacial score (nSPS) is 12.4. The van der Waals surface area contributed by atoms with Crippen molar-refractivity contribution in [2.24, 2.45) is 5.84 Å². The molecule has 20 heavy (non-hydrogen) atoms. The molecule has 0 bridgehead atoms. The zero-order valence-electron chi connectivity index (χ0n) is 11.9. The van der Waals surface area contributed by atoms with Crippen LogP contribution >= 0.6 is 0 Å². The number of hydrogen-bond donors (Lipinski definition) is 2. The third-order valence-electron chi connectivity index (χ3n) is 3.66. The minimum atomic E-state index is 0.187. The molecule has 0 aliphatic heterocycles. The maximum absolute atomic E-state index is 5.75. The number of nitrogens with zero attached hydrogens (tertiary/aromatic N) is 1. The van der Waals surface area contributed by atoms with Crippen molar-refractivity contribution >= 4 is 10.9 Å². The summed E-state index contributed by atoms with van der Waals surface area (Å²) in [6.45, 7) is 3.75. The van der Waals surface area contributed by atoms with E-state index in [1.54, 1.807) is 0 Å². The Labute approximate surface area is 120 Å². The van der Waals surface area contributed by atoms with Crippen molar-refractivity contribution in [3.63, 3.8) is 0 Å². The number of benzene rings is 1. The van der Waals surface area contributed by atoms with Crippen molar-refractivity contribution in [1.29, 1.82) is 0 Å². The van der Waals surface area contributed by atoms with Gasteiger partial charge >= 0.3 is 0 Å². The molecule has 1 unspecified atom stereocenters. The second-order valence-corrected chi connectivity index (χ2v) is 5.06. The van der Waals surface area contributed by atoms with Gasteiger partial charge in [0.15, 0.2) is 0 Å². The largest absolute Gasteiger partial charge is 0.271 e. The third-order valence-corrected chi connectivity index (χ3v) is 3.66. The Kier molecular flexibility index (Phi) is 5.71. The SMILES string of the molecule is C=CCCCCCC(NN)c1cccc2ncccc12. The van der Waals surface area contributed by atoms with Gasteiger partial charge in [-0.15, -0.1) is 6.58 Å². The average molecular weight is 269 g/mol. The van der Waals surface area contributed by atoms with Crippen LogP contribution in [0.5, 0.6) is 0 Å². The summed E-state index contributed by atoms with van der Waals surface area (Å²) >= 11 is 0. The molecule has 0 saturated carbocycles. The molecule has 2 aromatic rings. The highest BCUT2D eigenvalue weighted by atomic mass is 15.2. The van der Waals surface area contributed by atoms with Crippen LogP contribution in [0.25, 0.3) is 10.9 Å². The van der Waals surface area contributed by atoms with Gasteiger partial charge in [-0.1, -0.05) is 37.1 Å². The van der Waals surface area contributed by atoms with Gasteiger partial charge in [-0.25, -0.2) is 0 Å². The van der Waals surface area contributed by atoms with E-state index in [2.05, 4.69) is 29.1 Å². The standard InChI is InChI=1S/C17H23N3/c1-2-3-4-5-6-11-17(20-18)15-9-7-12-16-14(15)10-8-13-19-16/h2,7-10,12-13,17,20H,1,3-6,11,18H2. The molecule has 1 aromatic heterocycles. The number of fused-ring (bicyclic) bond motifs is 1. The molecule has 0 aliphatic carbocycles. The number of hydrogen-bond acceptors (Lipinski definition) is 3. The number of aromatic nitrogens is 1. The summed E-state index contributed by atoms with van der Waals surface area (Å²) in [5.74, 6) is 5.75. The Morgan fingerprint density at radius 3 is 2.90 bits per heavy atom. The van der Waals surface area contributed by atoms with Crippen molar-refractivity contribution in [2.75, 3.05) is 0 Å². The molecule has 0 amide bonds. The summed E-state index contributed by atoms with van der Waals surface area (Å²) in [6.07, 6.45) is 9.53. The van der Waals surface area contributed by atoms with Crippen molar-refractivity contribution in [1.82, 2.24) is 10.4 Å². The number of hydrazine groups is 1. The van der Waals surface area contributed by atoms with Crippen LogP contribution in [0.4, 0.5) is 0 Å². The van der Waals surface area contributed by atoms with E-state index in [0.29, 0.717) is 0 Å². The van der Waals surface area contributed by atoms with E-state index in [-0.39, 0.29) is 6.04 Å². The van der Waals surface area contributed by atoms with E-state index < -0.39 is 0 Å². The molecular formula is C17H23N3. The predicted molar refractivity (Wildman–Crippen MR) is 85.1 cm³/mol. The molecule has 1 atom stereocenters. The molecule has 0 radical (unpaired) electrons. The Bertz CT molecular complexity index is 545. The zero-order valence-corrected chi connectivity index (χ0v) is 11.9. The average Bonchev–Trinajstić information content (AvgIpc) is 2.51. The number of unbranched alkanes of at least 4 members (excludes halogenated alkanes) is 3. The van der Waals surface area contributed by atoms with Crippen molar-refractivity contribution < 1.29 is 0 Å². The number of nitrogens with two attached hydrogens (primary N) is 1. The molecule has 0 aliphatic rings. The first-order valence-electron chi connectivity index (χ1n) is 7.27. The molecule has 1 aromatic carbocycles. The van der Waals surface area contributed by atoms with Gasteiger partial charge in [-0.05, 0) is 37.0 Å². The summed E-state index contributed by atoms with van der Waals surface area (Å²) in [5.41, 5.74) is 5.22. The monoisotopic (exact) mass is 269 g/mol. The molecule has 1 heterocycles. The molecular weight excluding hydrogens is 246 g/mol. The Hall–Kier alpha value is -1.71. The quantitative estimate of drug-likeness (QED) is 0.331. The minimum absolute atomic E-state index is 0.187. The van der Waals surface area contributed by atoms with Crippen LogP contribution in [0, 0.1) is 0 Å². The van der Waals surface area contributed by atoms with Crippen molar-refractivity contribution in [2.45, 2.75) is 38.1 Å². The van der Waals surface area contributed by atoms with Crippen LogP contribution in [-0.4, -0.2) is 4.98 Å². The van der Waals surface area contributed by atoms with Crippen LogP contribution in [0.3, 0.4) is 0 Å². The number of pyridine rings is 1. The van der Waals surface area contributed by atoms with Gasteiger partial charge in [0.05, 0.1) is 5.52 Å². The fourth-order valence-electron chi connectivity index (χ4n) is 2.57. The van der Waals surface area contributed by atoms with E-state index in [1.165, 1.54) is 30.2 Å². The van der Waals surface area contributed by atoms with E-state index in [4.69, 9.17) is 5.84 Å². The molecule has 2 rings (SSSR count). The number of allylic oxidation sites excluding steroid dienone is 1. The van der Waals surface area contributed by atoms with Gasteiger partial charge in [0.25, 0.3) is 0 Å². The molecule has 0 saturated heterocycles. The van der Waals surface area contributed by atoms with Crippen molar-refractivity contribution in [3.05, 3.63) is 54.7 Å². The van der Waals surface area contributed by atoms with Gasteiger partial charge in [-0.2, -0.15) is 0 Å². The Morgan fingerprint density at radius 1 is 1.20 bits per heavy atom. The first-order chi connectivity index (χ1) is 9.86. The Balaban J connectivity index is 2.07. The molecule has 3 nitrogen and oxygen atoms in total. The van der Waals surface area contributed by atoms with Gasteiger partial charge in [-0.3, -0.25) is 16.3 Å². The molecule has 3 N–H and O–H groups in total. The van der Waals surface area contributed by atoms with Gasteiger partial charge in [0.1, 0.15) is 0 Å². The first kappa shape index (κ1) is 14.7. The van der Waals surface area contributed by atoms with Crippen LogP contribution in [0.15, 0.2) is 49.2 Å². The highest BCUT2D eigenvalue weighted by Crippen LogP contribution is 2.26. The minimum Gasteiger partial charge on any atom is -0.271 e. The lowest BCUT2D eigenvalue weighted by atomic mass is 9.97. The smallest absolute Gasteiger partial charge is 0.0705 e. The van der Waals surface area contributed by atoms with Crippen LogP contribution in [-0.2, 0) is 0 Å². The molecule has 0 fully saturated rings. The molecule has 106 valence electrons. The molecule has 0 spiro atoms. The lowest BCUT2D eigenvalue weighted by Crippen LogP contribution is -2.28. The summed E-state index contributed by atoms with van der Waals surface area (Å²) in [6, 6.07) is 10.5. The third kappa shape index (κ3) is 3.65. The number of rotatable bonds is 8. The topological polar surface area (TPSA) is 50.9 Å². The van der Waals surface area contributed by atoms with Crippen LogP contribution < -0.4 is 11.3 Å². The van der Waals surface area contributed by atoms with Crippen LogP contribution in [0.2, 0.25) is 0 Å². The van der Waals surface area contributed by atoms with Gasteiger partial charge in [0.2, 0.25) is 0 Å². The maximum Gasteiger partial charge on any atom is 0.0705 e. The maximum atomic E-state index is 5.75. The van der Waals surface area contributed by atoms with E-state index in [9.17, 15) is 0 Å². The fraction of sp³-hybridized carbons (Fsp3) is 0.353. The molecule has 3 heteroatoms. The van der Waals surface area contributed by atoms with E-state index in [0.717, 1.165) is 18.4 Å². The van der Waals surface area contributed by atoms with Gasteiger partial charge < -0.3 is 0 Å². The highest BCUT2D eigenvalue weighted by molar-refractivity contribution is 5.82. The second kappa shape index (κ2) is 7.78. The summed E-state index contributed by atoms with van der Waals surface area (Å²) in [5, 5.41) is 1.18. The van der Waals surface area contributed by atoms with Gasteiger partial charge in [0, 0.05) is 17.6 Å². The first-order valence-corrected chi connectivity index (χ1v) is 7.27. The lowest BCUT2D eigenvalue weighted by Gasteiger charge is -2.18. The summed E-state index contributed by atoms with van der Waals surface area (Å²) in [4.78, 5) is 4.40. The van der Waals surface area contributed by atoms with Crippen LogP contribution in [0.1, 0.15) is 43.7 Å². The van der Waals surface area contributed by atoms with E-state index >= 15 is 0 Å². The second-order valence-electron chi connectivity index (χ2n) is 5.06. The van der Waals surface area contributed by atoms with Crippen molar-refractivity contribution in [3.8, 4) is 0 Å². The fourth-order valence-corrected chi connectivity index (χ4v) is 2.57. The highest BCUT2D eigenvalue weighted by Gasteiger charge is 2.12. The zero-order chi connectivity index (χ0) is 14.2. The van der Waals surface area contributed by atoms with E-state index in [1.807, 2.05) is 30.5 Å². The lowest BCUT2D eigenvalue weighted by molar-refractivity contribution is 0.486. The predicted octanol–water partition coefficient (Wildman–Crippen LogP) is 3.88. The summed E-state index contributed by atoms with van der Waals surface area (Å²) < 4.78 is 0. The summed E-state index contributed by atoms with van der Waals surface area (Å²) in [7, 11) is 0. The number of nitrogens with one attached hydrogen (secondary N) is 1.